The van der Waals surface area contributed by atoms with Gasteiger partial charge in [0.2, 0.25) is 0 Å². The molecule has 2 aromatic rings. The van der Waals surface area contributed by atoms with Crippen LogP contribution in [0, 0.1) is 6.92 Å². The van der Waals surface area contributed by atoms with Gasteiger partial charge in [-0.15, -0.1) is 0 Å². The molecule has 0 saturated carbocycles. The zero-order chi connectivity index (χ0) is 16.7. The highest BCUT2D eigenvalue weighted by Crippen LogP contribution is 2.20. The van der Waals surface area contributed by atoms with E-state index in [-0.39, 0.29) is 6.04 Å². The molecule has 23 heavy (non-hydrogen) atoms. The van der Waals surface area contributed by atoms with Crippen LogP contribution < -0.4 is 5.32 Å². The van der Waals surface area contributed by atoms with Gasteiger partial charge in [-0.2, -0.15) is 0 Å². The van der Waals surface area contributed by atoms with Crippen molar-refractivity contribution in [2.75, 3.05) is 25.6 Å². The van der Waals surface area contributed by atoms with Crippen molar-refractivity contribution in [1.29, 1.82) is 0 Å². The number of hydrogen-bond acceptors (Lipinski definition) is 3. The lowest BCUT2D eigenvalue weighted by Gasteiger charge is -2.31. The Kier molecular flexibility index (Phi) is 6.50. The molecule has 1 heterocycles. The van der Waals surface area contributed by atoms with Gasteiger partial charge in [-0.1, -0.05) is 23.8 Å². The van der Waals surface area contributed by atoms with E-state index in [0.717, 1.165) is 11.3 Å². The van der Waals surface area contributed by atoms with Crippen LogP contribution in [-0.4, -0.2) is 35.3 Å². The van der Waals surface area contributed by atoms with Gasteiger partial charge in [-0.25, -0.2) is 0 Å². The van der Waals surface area contributed by atoms with E-state index in [0.29, 0.717) is 18.3 Å². The highest BCUT2D eigenvalue weighted by atomic mass is 32.1. The highest BCUT2D eigenvalue weighted by molar-refractivity contribution is 7.80. The number of pyridine rings is 1. The van der Waals surface area contributed by atoms with Crippen LogP contribution in [0.1, 0.15) is 24.1 Å². The predicted octanol–water partition coefficient (Wildman–Crippen LogP) is 3.80. The maximum atomic E-state index is 5.62. The molecule has 1 N–H and O–H groups in total. The number of aromatic nitrogens is 1. The molecule has 0 bridgehead atoms. The molecular formula is C18H23N3OS. The molecule has 5 heteroatoms. The van der Waals surface area contributed by atoms with Gasteiger partial charge in [0.25, 0.3) is 0 Å². The number of hydrogen-bond donors (Lipinski definition) is 1. The molecule has 0 fully saturated rings. The Morgan fingerprint density at radius 3 is 2.65 bits per heavy atom. The summed E-state index contributed by atoms with van der Waals surface area (Å²) in [6, 6.07) is 12.3. The van der Waals surface area contributed by atoms with Crippen LogP contribution in [0.25, 0.3) is 0 Å². The number of aryl methyl sites for hydroxylation is 1. The SMILES string of the molecule is COCCN(C(=S)Nc1ccc(C)cc1)[C@H](C)c1cccnc1. The minimum atomic E-state index is 0.115. The number of anilines is 1. The molecule has 1 aromatic carbocycles. The van der Waals surface area contributed by atoms with Crippen LogP contribution >= 0.6 is 12.2 Å². The lowest BCUT2D eigenvalue weighted by Crippen LogP contribution is -2.39. The first-order chi connectivity index (χ1) is 11.1. The van der Waals surface area contributed by atoms with Crippen molar-refractivity contribution < 1.29 is 4.74 Å². The Morgan fingerprint density at radius 1 is 1.30 bits per heavy atom. The summed E-state index contributed by atoms with van der Waals surface area (Å²) in [5, 5.41) is 3.99. The van der Waals surface area contributed by atoms with Crippen LogP contribution in [0.4, 0.5) is 5.69 Å². The Hall–Kier alpha value is -1.98. The average Bonchev–Trinajstić information content (AvgIpc) is 2.58. The molecule has 0 aliphatic heterocycles. The molecule has 0 aliphatic rings. The fraction of sp³-hybridized carbons (Fsp3) is 0.333. The normalized spacial score (nSPS) is 11.8. The number of ether oxygens (including phenoxy) is 1. The first-order valence-corrected chi connectivity index (χ1v) is 8.06. The summed E-state index contributed by atoms with van der Waals surface area (Å²) in [6.07, 6.45) is 3.65. The predicted molar refractivity (Wildman–Crippen MR) is 98.6 cm³/mol. The van der Waals surface area contributed by atoms with Crippen molar-refractivity contribution in [3.05, 3.63) is 59.9 Å². The minimum Gasteiger partial charge on any atom is -0.383 e. The second kappa shape index (κ2) is 8.60. The van der Waals surface area contributed by atoms with E-state index in [4.69, 9.17) is 17.0 Å². The number of methoxy groups -OCH3 is 1. The van der Waals surface area contributed by atoms with Gasteiger partial charge < -0.3 is 15.0 Å². The Morgan fingerprint density at radius 2 is 2.04 bits per heavy atom. The van der Waals surface area contributed by atoms with E-state index in [2.05, 4.69) is 47.2 Å². The second-order valence-electron chi connectivity index (χ2n) is 5.44. The van der Waals surface area contributed by atoms with Crippen LogP contribution in [0.3, 0.4) is 0 Å². The average molecular weight is 329 g/mol. The summed E-state index contributed by atoms with van der Waals surface area (Å²) in [4.78, 5) is 6.32. The molecule has 4 nitrogen and oxygen atoms in total. The zero-order valence-electron chi connectivity index (χ0n) is 13.8. The van der Waals surface area contributed by atoms with Crippen molar-refractivity contribution in [3.63, 3.8) is 0 Å². The summed E-state index contributed by atoms with van der Waals surface area (Å²) in [5.74, 6) is 0. The molecule has 0 spiro atoms. The fourth-order valence-electron chi connectivity index (χ4n) is 2.30. The zero-order valence-corrected chi connectivity index (χ0v) is 14.6. The van der Waals surface area contributed by atoms with Crippen LogP contribution in [-0.2, 0) is 4.74 Å². The minimum absolute atomic E-state index is 0.115. The molecule has 0 aliphatic carbocycles. The van der Waals surface area contributed by atoms with Crippen molar-refractivity contribution in [2.24, 2.45) is 0 Å². The lowest BCUT2D eigenvalue weighted by atomic mass is 10.1. The Labute approximate surface area is 143 Å². The van der Waals surface area contributed by atoms with E-state index < -0.39 is 0 Å². The van der Waals surface area contributed by atoms with Crippen molar-refractivity contribution in [1.82, 2.24) is 9.88 Å². The van der Waals surface area contributed by atoms with Gasteiger partial charge in [-0.3, -0.25) is 4.98 Å². The highest BCUT2D eigenvalue weighted by Gasteiger charge is 2.18. The van der Waals surface area contributed by atoms with Gasteiger partial charge in [0.05, 0.1) is 12.6 Å². The maximum Gasteiger partial charge on any atom is 0.174 e. The lowest BCUT2D eigenvalue weighted by molar-refractivity contribution is 0.165. The van der Waals surface area contributed by atoms with Gasteiger partial charge >= 0.3 is 0 Å². The van der Waals surface area contributed by atoms with Crippen molar-refractivity contribution in [2.45, 2.75) is 19.9 Å². The van der Waals surface area contributed by atoms with Crippen LogP contribution in [0.5, 0.6) is 0 Å². The molecule has 2 rings (SSSR count). The first-order valence-electron chi connectivity index (χ1n) is 7.65. The number of thiocarbonyl (C=S) groups is 1. The summed E-state index contributed by atoms with van der Waals surface area (Å²) in [5.41, 5.74) is 3.33. The number of benzene rings is 1. The quantitative estimate of drug-likeness (QED) is 0.816. The molecule has 1 atom stereocenters. The summed E-state index contributed by atoms with van der Waals surface area (Å²) in [6.45, 7) is 5.51. The van der Waals surface area contributed by atoms with E-state index in [1.54, 1.807) is 13.3 Å². The largest absolute Gasteiger partial charge is 0.383 e. The molecule has 1 aromatic heterocycles. The number of nitrogens with one attached hydrogen (secondary N) is 1. The van der Waals surface area contributed by atoms with E-state index in [1.165, 1.54) is 5.56 Å². The molecular weight excluding hydrogens is 306 g/mol. The Bertz CT molecular complexity index is 616. The third kappa shape index (κ3) is 5.01. The monoisotopic (exact) mass is 329 g/mol. The molecule has 0 amide bonds. The third-order valence-electron chi connectivity index (χ3n) is 3.73. The topological polar surface area (TPSA) is 37.4 Å². The molecule has 122 valence electrons. The third-order valence-corrected chi connectivity index (χ3v) is 4.07. The maximum absolute atomic E-state index is 5.62. The molecule has 0 radical (unpaired) electrons. The smallest absolute Gasteiger partial charge is 0.174 e. The van der Waals surface area contributed by atoms with Crippen LogP contribution in [0.15, 0.2) is 48.8 Å². The van der Waals surface area contributed by atoms with E-state index in [9.17, 15) is 0 Å². The van der Waals surface area contributed by atoms with E-state index in [1.807, 2.05) is 24.4 Å². The summed E-state index contributed by atoms with van der Waals surface area (Å²) < 4.78 is 5.23. The van der Waals surface area contributed by atoms with E-state index >= 15 is 0 Å². The summed E-state index contributed by atoms with van der Waals surface area (Å²) in [7, 11) is 1.70. The molecule has 0 saturated heterocycles. The van der Waals surface area contributed by atoms with Gasteiger partial charge in [-0.05, 0) is 49.8 Å². The van der Waals surface area contributed by atoms with Gasteiger partial charge in [0, 0.05) is 31.7 Å². The Balaban J connectivity index is 2.13. The summed E-state index contributed by atoms with van der Waals surface area (Å²) >= 11 is 5.62. The van der Waals surface area contributed by atoms with Gasteiger partial charge in [0.1, 0.15) is 0 Å². The second-order valence-corrected chi connectivity index (χ2v) is 5.83. The van der Waals surface area contributed by atoms with Gasteiger partial charge in [0.15, 0.2) is 5.11 Å². The van der Waals surface area contributed by atoms with Crippen LogP contribution in [0.2, 0.25) is 0 Å². The van der Waals surface area contributed by atoms with Crippen molar-refractivity contribution >= 4 is 23.0 Å². The number of nitrogens with zero attached hydrogens (tertiary/aromatic N) is 2. The standard InChI is InChI=1S/C18H23N3OS/c1-14-6-8-17(9-7-14)20-18(23)21(11-12-22-3)15(2)16-5-4-10-19-13-16/h4-10,13,15H,11-12H2,1-3H3,(H,20,23)/t15-/m1/s1. The number of rotatable bonds is 6. The van der Waals surface area contributed by atoms with Crippen molar-refractivity contribution in [3.8, 4) is 0 Å². The first kappa shape index (κ1) is 17.4. The molecule has 0 unspecified atom stereocenters. The fourth-order valence-corrected chi connectivity index (χ4v) is 2.66.